The van der Waals surface area contributed by atoms with Crippen LogP contribution in [0.2, 0.25) is 0 Å². The van der Waals surface area contributed by atoms with Gasteiger partial charge >= 0.3 is 0 Å². The van der Waals surface area contributed by atoms with Gasteiger partial charge in [0.15, 0.2) is 5.75 Å². The number of para-hydroxylation sites is 1. The van der Waals surface area contributed by atoms with E-state index in [9.17, 15) is 4.79 Å². The lowest BCUT2D eigenvalue weighted by atomic mass is 10.0. The van der Waals surface area contributed by atoms with E-state index in [1.54, 1.807) is 12.4 Å². The minimum absolute atomic E-state index is 0.270. The molecule has 1 aliphatic carbocycles. The third kappa shape index (κ3) is 3.70. The zero-order valence-corrected chi connectivity index (χ0v) is 18.3. The molecule has 0 unspecified atom stereocenters. The number of benzene rings is 1. The molecule has 162 valence electrons. The molecule has 0 saturated heterocycles. The van der Waals surface area contributed by atoms with Gasteiger partial charge in [0.2, 0.25) is 5.88 Å². The predicted molar refractivity (Wildman–Crippen MR) is 122 cm³/mol. The molecular formula is C25H24N4O3. The fourth-order valence-corrected chi connectivity index (χ4v) is 4.14. The summed E-state index contributed by atoms with van der Waals surface area (Å²) in [5, 5.41) is 1.15. The summed E-state index contributed by atoms with van der Waals surface area (Å²) in [6.07, 6.45) is 4.42. The summed E-state index contributed by atoms with van der Waals surface area (Å²) in [6.45, 7) is 4.22. The first-order chi connectivity index (χ1) is 15.5. The van der Waals surface area contributed by atoms with Gasteiger partial charge in [-0.25, -0.2) is 4.98 Å². The summed E-state index contributed by atoms with van der Waals surface area (Å²) < 4.78 is 11.5. The quantitative estimate of drug-likeness (QED) is 0.495. The zero-order valence-electron chi connectivity index (χ0n) is 18.3. The molecule has 4 aromatic rings. The van der Waals surface area contributed by atoms with E-state index in [1.807, 2.05) is 32.0 Å². The number of aryl methyl sites for hydroxylation is 1. The summed E-state index contributed by atoms with van der Waals surface area (Å²) in [6, 6.07) is 12.4. The number of nitrogens with one attached hydrogen (secondary N) is 1. The van der Waals surface area contributed by atoms with E-state index in [-0.39, 0.29) is 11.3 Å². The molecule has 32 heavy (non-hydrogen) atoms. The standard InChI is InChI=1S/C25H24N4O3/c1-14-19(11-27-24(30)23(14)31-3)20-12-26-15(2)28-25(20)32-13-17-10-18(17)22-9-8-16-6-4-5-7-21(16)29-22/h4-9,11-12,17-18H,10,13H2,1-3H3,(H,27,30)/t17-,18+/m1/s1. The minimum atomic E-state index is -0.270. The Bertz CT molecular complexity index is 1370. The van der Waals surface area contributed by atoms with E-state index in [0.29, 0.717) is 30.1 Å². The van der Waals surface area contributed by atoms with Crippen LogP contribution in [0.25, 0.3) is 22.0 Å². The Balaban J connectivity index is 1.37. The van der Waals surface area contributed by atoms with Crippen LogP contribution in [0.3, 0.4) is 0 Å². The first-order valence-corrected chi connectivity index (χ1v) is 10.6. The van der Waals surface area contributed by atoms with Crippen molar-refractivity contribution in [2.45, 2.75) is 26.2 Å². The number of nitrogens with zero attached hydrogens (tertiary/aromatic N) is 3. The van der Waals surface area contributed by atoms with E-state index in [0.717, 1.165) is 39.7 Å². The number of aromatic nitrogens is 4. The molecule has 0 spiro atoms. The van der Waals surface area contributed by atoms with Crippen LogP contribution >= 0.6 is 0 Å². The van der Waals surface area contributed by atoms with Crippen LogP contribution in [0, 0.1) is 19.8 Å². The van der Waals surface area contributed by atoms with Crippen molar-refractivity contribution in [3.63, 3.8) is 0 Å². The van der Waals surface area contributed by atoms with E-state index in [2.05, 4.69) is 33.2 Å². The van der Waals surface area contributed by atoms with Crippen LogP contribution in [-0.2, 0) is 0 Å². The monoisotopic (exact) mass is 428 g/mol. The summed E-state index contributed by atoms with van der Waals surface area (Å²) >= 11 is 0. The molecule has 1 N–H and O–H groups in total. The number of rotatable bonds is 6. The molecule has 3 heterocycles. The molecule has 0 amide bonds. The van der Waals surface area contributed by atoms with Gasteiger partial charge < -0.3 is 14.5 Å². The number of hydrogen-bond acceptors (Lipinski definition) is 6. The third-order valence-corrected chi connectivity index (χ3v) is 6.02. The van der Waals surface area contributed by atoms with Gasteiger partial charge in [-0.05, 0) is 32.4 Å². The molecule has 0 aliphatic heterocycles. The maximum Gasteiger partial charge on any atom is 0.290 e. The van der Waals surface area contributed by atoms with E-state index in [1.165, 1.54) is 7.11 Å². The van der Waals surface area contributed by atoms with Crippen molar-refractivity contribution in [3.8, 4) is 22.8 Å². The topological polar surface area (TPSA) is 90.0 Å². The fraction of sp³-hybridized carbons (Fsp3) is 0.280. The van der Waals surface area contributed by atoms with Crippen LogP contribution in [0.5, 0.6) is 11.6 Å². The molecule has 1 saturated carbocycles. The van der Waals surface area contributed by atoms with Crippen molar-refractivity contribution < 1.29 is 9.47 Å². The van der Waals surface area contributed by atoms with Gasteiger partial charge in [0.05, 0.1) is 24.8 Å². The van der Waals surface area contributed by atoms with E-state index < -0.39 is 0 Å². The average molecular weight is 428 g/mol. The van der Waals surface area contributed by atoms with Crippen molar-refractivity contribution in [1.29, 1.82) is 0 Å². The lowest BCUT2D eigenvalue weighted by molar-refractivity contribution is 0.285. The molecule has 0 radical (unpaired) electrons. The van der Waals surface area contributed by atoms with Crippen LogP contribution in [0.4, 0.5) is 0 Å². The van der Waals surface area contributed by atoms with Gasteiger partial charge in [0.1, 0.15) is 5.82 Å². The number of methoxy groups -OCH3 is 1. The smallest absolute Gasteiger partial charge is 0.290 e. The van der Waals surface area contributed by atoms with Crippen LogP contribution in [-0.4, -0.2) is 33.7 Å². The Kier molecular flexibility index (Phi) is 5.09. The molecule has 1 aliphatic rings. The van der Waals surface area contributed by atoms with Gasteiger partial charge in [-0.3, -0.25) is 9.78 Å². The SMILES string of the molecule is COc1c(C)c(-c2cnc(C)nc2OC[C@H]2C[C@@H]2c2ccc3ccccc3n2)c[nH]c1=O. The second kappa shape index (κ2) is 8.07. The normalized spacial score (nSPS) is 17.3. The highest BCUT2D eigenvalue weighted by atomic mass is 16.5. The van der Waals surface area contributed by atoms with Gasteiger partial charge in [-0.15, -0.1) is 0 Å². The second-order valence-corrected chi connectivity index (χ2v) is 8.17. The lowest BCUT2D eigenvalue weighted by Gasteiger charge is -2.14. The largest absolute Gasteiger partial charge is 0.491 e. The van der Waals surface area contributed by atoms with Crippen molar-refractivity contribution in [1.82, 2.24) is 19.9 Å². The Hall–Kier alpha value is -3.74. The molecule has 7 nitrogen and oxygen atoms in total. The average Bonchev–Trinajstić information content (AvgIpc) is 3.58. The first-order valence-electron chi connectivity index (χ1n) is 10.6. The number of hydrogen-bond donors (Lipinski definition) is 1. The van der Waals surface area contributed by atoms with Gasteiger partial charge in [-0.2, -0.15) is 4.98 Å². The van der Waals surface area contributed by atoms with Crippen molar-refractivity contribution >= 4 is 10.9 Å². The highest BCUT2D eigenvalue weighted by molar-refractivity contribution is 5.78. The summed E-state index contributed by atoms with van der Waals surface area (Å²) in [5.41, 5.74) is 4.08. The molecule has 7 heteroatoms. The lowest BCUT2D eigenvalue weighted by Crippen LogP contribution is -2.12. The summed E-state index contributed by atoms with van der Waals surface area (Å²) in [7, 11) is 1.48. The molecular weight excluding hydrogens is 404 g/mol. The fourth-order valence-electron chi connectivity index (χ4n) is 4.14. The highest BCUT2D eigenvalue weighted by Crippen LogP contribution is 2.47. The number of H-pyrrole nitrogens is 1. The second-order valence-electron chi connectivity index (χ2n) is 8.17. The molecule has 1 aromatic carbocycles. The zero-order chi connectivity index (χ0) is 22.2. The molecule has 5 rings (SSSR count). The molecule has 3 aromatic heterocycles. The Morgan fingerprint density at radius 1 is 1.09 bits per heavy atom. The van der Waals surface area contributed by atoms with E-state index in [4.69, 9.17) is 14.5 Å². The van der Waals surface area contributed by atoms with Crippen LogP contribution in [0.1, 0.15) is 29.4 Å². The number of ether oxygens (including phenoxy) is 2. The third-order valence-electron chi connectivity index (χ3n) is 6.02. The number of pyridine rings is 2. The maximum atomic E-state index is 12.0. The summed E-state index contributed by atoms with van der Waals surface area (Å²) in [5.74, 6) is 2.19. The van der Waals surface area contributed by atoms with Gasteiger partial charge in [0.25, 0.3) is 5.56 Å². The van der Waals surface area contributed by atoms with Crippen LogP contribution in [0.15, 0.2) is 53.6 Å². The number of fused-ring (bicyclic) bond motifs is 1. The van der Waals surface area contributed by atoms with Crippen molar-refractivity contribution in [2.75, 3.05) is 13.7 Å². The Labute approximate surface area is 185 Å². The maximum absolute atomic E-state index is 12.0. The van der Waals surface area contributed by atoms with Crippen LogP contribution < -0.4 is 15.0 Å². The molecule has 0 bridgehead atoms. The Morgan fingerprint density at radius 3 is 2.78 bits per heavy atom. The van der Waals surface area contributed by atoms with Gasteiger partial charge in [0, 0.05) is 46.4 Å². The molecule has 1 fully saturated rings. The molecule has 2 atom stereocenters. The highest BCUT2D eigenvalue weighted by Gasteiger charge is 2.40. The van der Waals surface area contributed by atoms with Gasteiger partial charge in [-0.1, -0.05) is 24.3 Å². The summed E-state index contributed by atoms with van der Waals surface area (Å²) in [4.78, 5) is 28.4. The van der Waals surface area contributed by atoms with Crippen molar-refractivity contribution in [3.05, 3.63) is 76.2 Å². The first kappa shape index (κ1) is 20.2. The predicted octanol–water partition coefficient (Wildman–Crippen LogP) is 4.19. The number of aromatic amines is 1. The minimum Gasteiger partial charge on any atom is -0.491 e. The van der Waals surface area contributed by atoms with E-state index >= 15 is 0 Å². The Morgan fingerprint density at radius 2 is 1.94 bits per heavy atom. The van der Waals surface area contributed by atoms with Crippen molar-refractivity contribution in [2.24, 2.45) is 5.92 Å².